The SMILES string of the molecule is CCC(C)[C@H](N)c1n[nH]c(C)n1. The molecule has 0 aliphatic carbocycles. The summed E-state index contributed by atoms with van der Waals surface area (Å²) in [6, 6.07) is -0.0417. The normalized spacial score (nSPS) is 16.0. The summed E-state index contributed by atoms with van der Waals surface area (Å²) in [6.45, 7) is 6.10. The molecular formula is C8H16N4. The Balaban J connectivity index is 2.70. The number of nitrogens with zero attached hydrogens (tertiary/aromatic N) is 2. The molecule has 1 rings (SSSR count). The summed E-state index contributed by atoms with van der Waals surface area (Å²) in [5.41, 5.74) is 5.92. The maximum absolute atomic E-state index is 5.92. The second-order valence-electron chi connectivity index (χ2n) is 3.19. The maximum atomic E-state index is 5.92. The Hall–Kier alpha value is -0.900. The van der Waals surface area contributed by atoms with Gasteiger partial charge in [0.15, 0.2) is 5.82 Å². The minimum atomic E-state index is -0.0417. The van der Waals surface area contributed by atoms with E-state index in [1.807, 2.05) is 6.92 Å². The van der Waals surface area contributed by atoms with Crippen LogP contribution in [-0.4, -0.2) is 15.2 Å². The first kappa shape index (κ1) is 9.19. The number of nitrogens with two attached hydrogens (primary N) is 1. The van der Waals surface area contributed by atoms with Crippen molar-refractivity contribution >= 4 is 0 Å². The molecule has 0 saturated carbocycles. The van der Waals surface area contributed by atoms with Crippen LogP contribution in [0.3, 0.4) is 0 Å². The van der Waals surface area contributed by atoms with E-state index in [9.17, 15) is 0 Å². The van der Waals surface area contributed by atoms with Crippen LogP contribution in [-0.2, 0) is 0 Å². The number of aromatic nitrogens is 3. The first-order valence-electron chi connectivity index (χ1n) is 4.29. The van der Waals surface area contributed by atoms with Crippen molar-refractivity contribution in [1.82, 2.24) is 15.2 Å². The summed E-state index contributed by atoms with van der Waals surface area (Å²) in [4.78, 5) is 4.19. The molecule has 0 spiro atoms. The number of nitrogens with one attached hydrogen (secondary N) is 1. The van der Waals surface area contributed by atoms with E-state index in [-0.39, 0.29) is 6.04 Å². The van der Waals surface area contributed by atoms with Crippen molar-refractivity contribution in [3.05, 3.63) is 11.6 Å². The average molecular weight is 168 g/mol. The van der Waals surface area contributed by atoms with E-state index >= 15 is 0 Å². The van der Waals surface area contributed by atoms with E-state index < -0.39 is 0 Å². The highest BCUT2D eigenvalue weighted by Gasteiger charge is 2.16. The number of aromatic amines is 1. The zero-order valence-electron chi connectivity index (χ0n) is 7.83. The molecule has 68 valence electrons. The van der Waals surface area contributed by atoms with Gasteiger partial charge < -0.3 is 5.73 Å². The van der Waals surface area contributed by atoms with Gasteiger partial charge in [-0.15, -0.1) is 0 Å². The minimum Gasteiger partial charge on any atom is -0.321 e. The van der Waals surface area contributed by atoms with Crippen molar-refractivity contribution in [2.45, 2.75) is 33.2 Å². The lowest BCUT2D eigenvalue weighted by atomic mass is 10.00. The number of hydrogen-bond donors (Lipinski definition) is 2. The molecule has 0 saturated heterocycles. The van der Waals surface area contributed by atoms with E-state index in [0.29, 0.717) is 5.92 Å². The van der Waals surface area contributed by atoms with Gasteiger partial charge in [0, 0.05) is 0 Å². The van der Waals surface area contributed by atoms with Crippen LogP contribution < -0.4 is 5.73 Å². The van der Waals surface area contributed by atoms with Gasteiger partial charge in [0.2, 0.25) is 0 Å². The van der Waals surface area contributed by atoms with E-state index in [1.165, 1.54) is 0 Å². The van der Waals surface area contributed by atoms with Crippen molar-refractivity contribution in [2.75, 3.05) is 0 Å². The molecule has 2 atom stereocenters. The summed E-state index contributed by atoms with van der Waals surface area (Å²) in [5.74, 6) is 1.98. The molecule has 4 heteroatoms. The standard InChI is InChI=1S/C8H16N4/c1-4-5(2)7(9)8-10-6(3)11-12-8/h5,7H,4,9H2,1-3H3,(H,10,11,12)/t5?,7-/m0/s1. The fraction of sp³-hybridized carbons (Fsp3) is 0.750. The molecule has 1 aromatic rings. The average Bonchev–Trinajstić information content (AvgIpc) is 2.49. The van der Waals surface area contributed by atoms with Crippen LogP contribution in [0.1, 0.15) is 38.0 Å². The van der Waals surface area contributed by atoms with Crippen molar-refractivity contribution in [3.8, 4) is 0 Å². The van der Waals surface area contributed by atoms with E-state index in [4.69, 9.17) is 5.73 Å². The molecule has 12 heavy (non-hydrogen) atoms. The highest BCUT2D eigenvalue weighted by molar-refractivity contribution is 4.95. The fourth-order valence-electron chi connectivity index (χ4n) is 1.02. The summed E-state index contributed by atoms with van der Waals surface area (Å²) in [7, 11) is 0. The van der Waals surface area contributed by atoms with Gasteiger partial charge in [-0.3, -0.25) is 5.10 Å². The first-order valence-corrected chi connectivity index (χ1v) is 4.29. The zero-order chi connectivity index (χ0) is 9.14. The fourth-order valence-corrected chi connectivity index (χ4v) is 1.02. The Morgan fingerprint density at radius 1 is 1.58 bits per heavy atom. The van der Waals surface area contributed by atoms with Crippen molar-refractivity contribution in [2.24, 2.45) is 11.7 Å². The molecule has 0 fully saturated rings. The summed E-state index contributed by atoms with van der Waals surface area (Å²) < 4.78 is 0. The second-order valence-corrected chi connectivity index (χ2v) is 3.19. The van der Waals surface area contributed by atoms with Crippen LogP contribution in [0.5, 0.6) is 0 Å². The number of H-pyrrole nitrogens is 1. The number of rotatable bonds is 3. The third kappa shape index (κ3) is 1.82. The molecule has 0 aromatic carbocycles. The highest BCUT2D eigenvalue weighted by atomic mass is 15.2. The maximum Gasteiger partial charge on any atom is 0.167 e. The van der Waals surface area contributed by atoms with Gasteiger partial charge in [-0.1, -0.05) is 20.3 Å². The molecule has 0 amide bonds. The summed E-state index contributed by atoms with van der Waals surface area (Å²) in [5, 5.41) is 6.81. The lowest BCUT2D eigenvalue weighted by Gasteiger charge is -2.13. The van der Waals surface area contributed by atoms with Crippen LogP contribution in [0.4, 0.5) is 0 Å². The predicted octanol–water partition coefficient (Wildman–Crippen LogP) is 1.16. The van der Waals surface area contributed by atoms with Gasteiger partial charge >= 0.3 is 0 Å². The third-order valence-corrected chi connectivity index (χ3v) is 2.17. The molecule has 4 nitrogen and oxygen atoms in total. The highest BCUT2D eigenvalue weighted by Crippen LogP contribution is 2.17. The monoisotopic (exact) mass is 168 g/mol. The zero-order valence-corrected chi connectivity index (χ0v) is 7.83. The van der Waals surface area contributed by atoms with Crippen LogP contribution in [0.25, 0.3) is 0 Å². The Kier molecular flexibility index (Phi) is 2.81. The predicted molar refractivity (Wildman–Crippen MR) is 47.5 cm³/mol. The summed E-state index contributed by atoms with van der Waals surface area (Å²) >= 11 is 0. The Labute approximate surface area is 72.6 Å². The lowest BCUT2D eigenvalue weighted by molar-refractivity contribution is 0.440. The molecule has 0 radical (unpaired) electrons. The smallest absolute Gasteiger partial charge is 0.167 e. The van der Waals surface area contributed by atoms with Crippen LogP contribution in [0.15, 0.2) is 0 Å². The van der Waals surface area contributed by atoms with Gasteiger partial charge in [-0.25, -0.2) is 4.98 Å². The van der Waals surface area contributed by atoms with Gasteiger partial charge in [0.25, 0.3) is 0 Å². The van der Waals surface area contributed by atoms with Gasteiger partial charge in [0.05, 0.1) is 6.04 Å². The van der Waals surface area contributed by atoms with Crippen molar-refractivity contribution in [1.29, 1.82) is 0 Å². The van der Waals surface area contributed by atoms with E-state index in [0.717, 1.165) is 18.1 Å². The quantitative estimate of drug-likeness (QED) is 0.711. The molecule has 3 N–H and O–H groups in total. The van der Waals surface area contributed by atoms with Crippen LogP contribution >= 0.6 is 0 Å². The first-order chi connectivity index (χ1) is 5.65. The molecule has 0 aliphatic rings. The number of hydrogen-bond acceptors (Lipinski definition) is 3. The molecule has 0 bridgehead atoms. The van der Waals surface area contributed by atoms with Gasteiger partial charge in [-0.2, -0.15) is 5.10 Å². The second kappa shape index (κ2) is 3.67. The molecule has 1 heterocycles. The van der Waals surface area contributed by atoms with Crippen LogP contribution in [0, 0.1) is 12.8 Å². The summed E-state index contributed by atoms with van der Waals surface area (Å²) in [6.07, 6.45) is 1.05. The van der Waals surface area contributed by atoms with Gasteiger partial charge in [-0.05, 0) is 12.8 Å². The van der Waals surface area contributed by atoms with Crippen molar-refractivity contribution < 1.29 is 0 Å². The molecular weight excluding hydrogens is 152 g/mol. The van der Waals surface area contributed by atoms with Crippen LogP contribution in [0.2, 0.25) is 0 Å². The van der Waals surface area contributed by atoms with E-state index in [1.54, 1.807) is 0 Å². The largest absolute Gasteiger partial charge is 0.321 e. The topological polar surface area (TPSA) is 67.6 Å². The molecule has 0 aliphatic heterocycles. The molecule has 1 aromatic heterocycles. The Morgan fingerprint density at radius 2 is 2.25 bits per heavy atom. The Morgan fingerprint density at radius 3 is 2.67 bits per heavy atom. The molecule has 1 unspecified atom stereocenters. The number of aryl methyl sites for hydroxylation is 1. The minimum absolute atomic E-state index is 0.0417. The Bertz CT molecular complexity index is 243. The van der Waals surface area contributed by atoms with Gasteiger partial charge in [0.1, 0.15) is 5.82 Å². The van der Waals surface area contributed by atoms with Crippen molar-refractivity contribution in [3.63, 3.8) is 0 Å². The van der Waals surface area contributed by atoms with E-state index in [2.05, 4.69) is 29.0 Å². The third-order valence-electron chi connectivity index (χ3n) is 2.17. The lowest BCUT2D eigenvalue weighted by Crippen LogP contribution is -2.19.